The average Bonchev–Trinajstić information content (AvgIpc) is 3.73. The van der Waals surface area contributed by atoms with Crippen LogP contribution in [0, 0.1) is 5.92 Å². The van der Waals surface area contributed by atoms with Gasteiger partial charge in [0.05, 0.1) is 38.1 Å². The Morgan fingerprint density at radius 1 is 0.841 bits per heavy atom. The molecule has 3 aliphatic heterocycles. The van der Waals surface area contributed by atoms with E-state index in [9.17, 15) is 24.0 Å². The highest BCUT2D eigenvalue weighted by Crippen LogP contribution is 2.54. The Hall–Kier alpha value is -3.23. The van der Waals surface area contributed by atoms with Gasteiger partial charge in [-0.2, -0.15) is 0 Å². The number of aliphatic hydroxyl groups excluding tert-OH is 1. The second-order valence-electron chi connectivity index (χ2n) is 10.3. The number of aliphatic hydroxyl groups is 1. The van der Waals surface area contributed by atoms with Crippen LogP contribution in [-0.4, -0.2) is 104 Å². The summed E-state index contributed by atoms with van der Waals surface area (Å²) in [5, 5.41) is 11.1. The van der Waals surface area contributed by atoms with Crippen molar-refractivity contribution in [2.45, 2.75) is 43.0 Å². The lowest BCUT2D eigenvalue weighted by molar-refractivity contribution is -0.0557. The molecular weight excluding hydrogens is 633 g/mol. The van der Waals surface area contributed by atoms with Gasteiger partial charge in [-0.1, -0.05) is 0 Å². The molecule has 10 atom stereocenters. The number of nitrogens with zero attached hydrogens (tertiary/aromatic N) is 8. The van der Waals surface area contributed by atoms with E-state index in [0.717, 1.165) is 6.33 Å². The maximum atomic E-state index is 15.9. The van der Waals surface area contributed by atoms with Gasteiger partial charge in [0.25, 0.3) is 0 Å². The lowest BCUT2D eigenvalue weighted by atomic mass is 10.0. The minimum absolute atomic E-state index is 0.0238. The zero-order valence-electron chi connectivity index (χ0n) is 22.3. The Balaban J connectivity index is 1.20. The molecule has 7 rings (SSSR count). The fraction of sp³-hybridized carbons (Fsp3) is 0.524. The molecule has 7 N–H and O–H groups in total. The molecule has 4 aromatic heterocycles. The molecule has 20 nitrogen and oxygen atoms in total. The molecule has 236 valence electrons. The van der Waals surface area contributed by atoms with Gasteiger partial charge >= 0.3 is 15.4 Å². The minimum Gasteiger partial charge on any atom is -0.390 e. The van der Waals surface area contributed by atoms with E-state index >= 15 is 4.39 Å². The molecule has 23 heteroatoms. The van der Waals surface area contributed by atoms with Crippen LogP contribution < -0.4 is 11.5 Å². The number of phosphoric acid groups is 1. The SMILES string of the molecule is Nc1ncnc2c1ncn2[C@@H]1OC2COP(=O)(O)C[C@@H]3[C@H](O)[C@@H](COP(=O)(O)O[C@H]2[C@H]1F)O[C@H]3n1cnc2c(N)ncnc21. The van der Waals surface area contributed by atoms with Gasteiger partial charge in [-0.05, 0) is 0 Å². The van der Waals surface area contributed by atoms with Crippen molar-refractivity contribution in [3.63, 3.8) is 0 Å². The Morgan fingerprint density at radius 2 is 1.41 bits per heavy atom. The van der Waals surface area contributed by atoms with Crippen molar-refractivity contribution >= 4 is 49.4 Å². The molecule has 44 heavy (non-hydrogen) atoms. The summed E-state index contributed by atoms with van der Waals surface area (Å²) in [6, 6.07) is 0. The minimum atomic E-state index is -5.06. The topological polar surface area (TPSA) is 280 Å². The van der Waals surface area contributed by atoms with Gasteiger partial charge in [-0.3, -0.25) is 22.7 Å². The van der Waals surface area contributed by atoms with Crippen LogP contribution in [-0.2, 0) is 32.2 Å². The van der Waals surface area contributed by atoms with Crippen molar-refractivity contribution in [1.82, 2.24) is 39.0 Å². The molecule has 4 aromatic rings. The zero-order valence-corrected chi connectivity index (χ0v) is 24.0. The summed E-state index contributed by atoms with van der Waals surface area (Å²) in [6.45, 7) is -1.47. The van der Waals surface area contributed by atoms with Crippen LogP contribution in [0.1, 0.15) is 12.5 Å². The molecule has 0 aliphatic carbocycles. The first-order chi connectivity index (χ1) is 20.9. The standard InChI is InChI=1S/C21H25FN10O10P2/c22-11-15-10(41-21(11)32-7-30-13-17(24)26-5-28-19(13)32)2-38-43(34,35)3-8-14(33)9(1-39-44(36,37)42-15)40-20(8)31-6-29-12-16(23)25-4-27-18(12)31/h4-11,14-15,20-21,33H,1-3H2,(H,34,35)(H,36,37)(H2,23,25,27)(H2,24,26,28)/t8-,9-,10?,11-,14+,15-,20-,21-/m1/s1. The summed E-state index contributed by atoms with van der Waals surface area (Å²) in [5.74, 6) is -1.05. The quantitative estimate of drug-likeness (QED) is 0.172. The highest BCUT2D eigenvalue weighted by molar-refractivity contribution is 7.52. The predicted octanol–water partition coefficient (Wildman–Crippen LogP) is -0.342. The monoisotopic (exact) mass is 658 g/mol. The molecular formula is C21H25FN10O10P2. The first kappa shape index (κ1) is 29.5. The maximum absolute atomic E-state index is 15.9. The molecule has 0 saturated carbocycles. The van der Waals surface area contributed by atoms with Gasteiger partial charge in [-0.15, -0.1) is 0 Å². The lowest BCUT2D eigenvalue weighted by Gasteiger charge is -2.25. The van der Waals surface area contributed by atoms with Gasteiger partial charge in [0.2, 0.25) is 0 Å². The molecule has 3 fully saturated rings. The smallest absolute Gasteiger partial charge is 0.390 e. The van der Waals surface area contributed by atoms with Gasteiger partial charge in [0.15, 0.2) is 35.3 Å². The Bertz CT molecular complexity index is 1830. The number of imidazole rings is 2. The van der Waals surface area contributed by atoms with Crippen molar-refractivity contribution in [3.8, 4) is 0 Å². The van der Waals surface area contributed by atoms with Gasteiger partial charge in [0.1, 0.15) is 48.2 Å². The van der Waals surface area contributed by atoms with Gasteiger partial charge < -0.3 is 40.4 Å². The molecule has 7 heterocycles. The number of hydrogen-bond donors (Lipinski definition) is 5. The first-order valence-electron chi connectivity index (χ1n) is 13.0. The van der Waals surface area contributed by atoms with E-state index in [0.29, 0.717) is 0 Å². The Labute approximate surface area is 245 Å². The molecule has 0 aromatic carbocycles. The molecule has 3 unspecified atom stereocenters. The van der Waals surface area contributed by atoms with E-state index in [2.05, 4.69) is 29.9 Å². The summed E-state index contributed by atoms with van der Waals surface area (Å²) < 4.78 is 72.2. The number of halogens is 1. The predicted molar refractivity (Wildman–Crippen MR) is 143 cm³/mol. The normalized spacial score (nSPS) is 38.3. The van der Waals surface area contributed by atoms with E-state index in [4.69, 9.17) is 34.5 Å². The number of nitrogens with two attached hydrogens (primary N) is 2. The Kier molecular flexibility index (Phi) is 7.16. The van der Waals surface area contributed by atoms with Crippen LogP contribution in [0.4, 0.5) is 16.0 Å². The number of ether oxygens (including phenoxy) is 2. The van der Waals surface area contributed by atoms with Crippen LogP contribution in [0.5, 0.6) is 0 Å². The largest absolute Gasteiger partial charge is 0.472 e. The molecule has 0 amide bonds. The third kappa shape index (κ3) is 5.04. The van der Waals surface area contributed by atoms with E-state index in [1.54, 1.807) is 0 Å². The third-order valence-corrected chi connectivity index (χ3v) is 10.0. The molecule has 3 saturated heterocycles. The summed E-state index contributed by atoms with van der Waals surface area (Å²) in [5.41, 5.74) is 12.4. The summed E-state index contributed by atoms with van der Waals surface area (Å²) in [6.07, 6.45) is -6.79. The van der Waals surface area contributed by atoms with Crippen molar-refractivity contribution in [2.24, 2.45) is 5.92 Å². The number of hydrogen-bond acceptors (Lipinski definition) is 16. The number of fused-ring (bicyclic) bond motifs is 5. The highest BCUT2D eigenvalue weighted by Gasteiger charge is 2.54. The van der Waals surface area contributed by atoms with E-state index in [-0.39, 0.29) is 34.0 Å². The first-order valence-corrected chi connectivity index (χ1v) is 16.3. The van der Waals surface area contributed by atoms with Crippen LogP contribution in [0.2, 0.25) is 0 Å². The lowest BCUT2D eigenvalue weighted by Crippen LogP contribution is -2.34. The molecule has 2 bridgehead atoms. The van der Waals surface area contributed by atoms with E-state index in [1.807, 2.05) is 0 Å². The van der Waals surface area contributed by atoms with Crippen LogP contribution in [0.3, 0.4) is 0 Å². The molecule has 0 spiro atoms. The van der Waals surface area contributed by atoms with Crippen molar-refractivity contribution in [1.29, 1.82) is 0 Å². The fourth-order valence-electron chi connectivity index (χ4n) is 5.56. The number of anilines is 2. The summed E-state index contributed by atoms with van der Waals surface area (Å²) in [7, 11) is -9.65. The average molecular weight is 658 g/mol. The van der Waals surface area contributed by atoms with Crippen molar-refractivity contribution in [2.75, 3.05) is 30.8 Å². The summed E-state index contributed by atoms with van der Waals surface area (Å²) in [4.78, 5) is 45.6. The number of nitrogen functional groups attached to an aromatic ring is 2. The maximum Gasteiger partial charge on any atom is 0.472 e. The van der Waals surface area contributed by atoms with Crippen LogP contribution in [0.25, 0.3) is 22.3 Å². The number of alkyl halides is 1. The number of aromatic nitrogens is 8. The second kappa shape index (κ2) is 10.7. The third-order valence-electron chi connectivity index (χ3n) is 7.63. The Morgan fingerprint density at radius 3 is 2.05 bits per heavy atom. The van der Waals surface area contributed by atoms with Crippen LogP contribution >= 0.6 is 15.4 Å². The molecule has 3 aliphatic rings. The fourth-order valence-corrected chi connectivity index (χ4v) is 7.93. The number of rotatable bonds is 2. The molecule has 0 radical (unpaired) electrons. The van der Waals surface area contributed by atoms with E-state index in [1.165, 1.54) is 28.1 Å². The second-order valence-corrected chi connectivity index (χ2v) is 13.6. The van der Waals surface area contributed by atoms with Gasteiger partial charge in [-0.25, -0.2) is 38.9 Å². The zero-order chi connectivity index (χ0) is 31.0. The highest BCUT2D eigenvalue weighted by atomic mass is 31.2. The summed E-state index contributed by atoms with van der Waals surface area (Å²) >= 11 is 0. The van der Waals surface area contributed by atoms with Crippen molar-refractivity contribution in [3.05, 3.63) is 25.3 Å². The van der Waals surface area contributed by atoms with E-state index < -0.39 is 83.8 Å². The van der Waals surface area contributed by atoms with Crippen molar-refractivity contribution < 1.29 is 51.5 Å². The van der Waals surface area contributed by atoms with Crippen LogP contribution in [0.15, 0.2) is 25.3 Å². The number of phosphoric ester groups is 1. The van der Waals surface area contributed by atoms with Gasteiger partial charge in [0, 0.05) is 5.92 Å².